The summed E-state index contributed by atoms with van der Waals surface area (Å²) in [7, 11) is 0. The summed E-state index contributed by atoms with van der Waals surface area (Å²) in [5.41, 5.74) is 7.04. The van der Waals surface area contributed by atoms with Gasteiger partial charge in [-0.25, -0.2) is 4.99 Å². The average molecular weight is 338 g/mol. The molecule has 1 fully saturated rings. The van der Waals surface area contributed by atoms with E-state index in [2.05, 4.69) is 31.7 Å². The van der Waals surface area contributed by atoms with E-state index in [1.807, 2.05) is 36.0 Å². The molecule has 2 rings (SSSR count). The molecule has 100 valence electrons. The van der Waals surface area contributed by atoms with Crippen LogP contribution in [-0.2, 0) is 0 Å². The van der Waals surface area contributed by atoms with Gasteiger partial charge in [-0.3, -0.25) is 0 Å². The summed E-state index contributed by atoms with van der Waals surface area (Å²) in [6.07, 6.45) is 5.57. The Hall–Kier alpha value is -1.12. The minimum absolute atomic E-state index is 0.317. The molecule has 19 heavy (non-hydrogen) atoms. The first-order chi connectivity index (χ1) is 9.20. The van der Waals surface area contributed by atoms with Crippen molar-refractivity contribution in [2.75, 3.05) is 24.6 Å². The van der Waals surface area contributed by atoms with Gasteiger partial charge >= 0.3 is 0 Å². The van der Waals surface area contributed by atoms with Crippen LogP contribution in [0.2, 0.25) is 0 Å². The van der Waals surface area contributed by atoms with Crippen LogP contribution in [0.5, 0.6) is 0 Å². The van der Waals surface area contributed by atoms with Gasteiger partial charge in [-0.2, -0.15) is 11.8 Å². The van der Waals surface area contributed by atoms with Crippen LogP contribution in [0.4, 0.5) is 0 Å². The maximum Gasteiger partial charge on any atom is 0.192 e. The Morgan fingerprint density at radius 2 is 2.00 bits per heavy atom. The number of thioether (sulfide) groups is 1. The van der Waals surface area contributed by atoms with Crippen LogP contribution in [0.1, 0.15) is 11.6 Å². The van der Waals surface area contributed by atoms with Crippen LogP contribution in [0, 0.1) is 12.3 Å². The van der Waals surface area contributed by atoms with Gasteiger partial charge in [-0.1, -0.05) is 34.0 Å². The van der Waals surface area contributed by atoms with E-state index in [4.69, 9.17) is 12.2 Å². The van der Waals surface area contributed by atoms with Gasteiger partial charge in [0.25, 0.3) is 0 Å². The van der Waals surface area contributed by atoms with Crippen molar-refractivity contribution in [1.82, 2.24) is 4.90 Å². The molecule has 1 atom stereocenters. The van der Waals surface area contributed by atoms with E-state index in [0.29, 0.717) is 5.96 Å². The predicted molar refractivity (Wildman–Crippen MR) is 86.2 cm³/mol. The quantitative estimate of drug-likeness (QED) is 0.512. The molecule has 0 amide bonds. The number of guanidine groups is 1. The molecular weight excluding hydrogens is 322 g/mol. The van der Waals surface area contributed by atoms with Gasteiger partial charge in [0.1, 0.15) is 6.04 Å². The smallest absolute Gasteiger partial charge is 0.192 e. The minimum Gasteiger partial charge on any atom is -0.370 e. The lowest BCUT2D eigenvalue weighted by Gasteiger charge is -2.27. The van der Waals surface area contributed by atoms with Gasteiger partial charge < -0.3 is 10.6 Å². The monoisotopic (exact) mass is 337 g/mol. The molecule has 1 saturated heterocycles. The predicted octanol–water partition coefficient (Wildman–Crippen LogP) is 2.49. The molecule has 1 aromatic rings. The number of halogens is 1. The highest BCUT2D eigenvalue weighted by atomic mass is 79.9. The molecule has 1 aliphatic rings. The Bertz CT molecular complexity index is 486. The van der Waals surface area contributed by atoms with Crippen molar-refractivity contribution >= 4 is 33.7 Å². The number of aliphatic imine (C=N–C) groups is 1. The summed E-state index contributed by atoms with van der Waals surface area (Å²) >= 11 is 5.35. The summed E-state index contributed by atoms with van der Waals surface area (Å²) in [6.45, 7) is 1.88. The number of terminal acetylenes is 1. The maximum atomic E-state index is 6.05. The lowest BCUT2D eigenvalue weighted by molar-refractivity contribution is 0.454. The fourth-order valence-electron chi connectivity index (χ4n) is 1.86. The van der Waals surface area contributed by atoms with E-state index in [-0.39, 0.29) is 6.04 Å². The number of nitrogens with zero attached hydrogens (tertiary/aromatic N) is 2. The van der Waals surface area contributed by atoms with Crippen LogP contribution >= 0.6 is 27.7 Å². The van der Waals surface area contributed by atoms with Gasteiger partial charge in [-0.05, 0) is 17.7 Å². The Balaban J connectivity index is 2.13. The first-order valence-electron chi connectivity index (χ1n) is 6.08. The zero-order valence-electron chi connectivity index (χ0n) is 10.6. The van der Waals surface area contributed by atoms with Crippen molar-refractivity contribution in [2.24, 2.45) is 10.7 Å². The highest BCUT2D eigenvalue weighted by Gasteiger charge is 2.14. The third-order valence-electron chi connectivity index (χ3n) is 2.94. The highest BCUT2D eigenvalue weighted by Crippen LogP contribution is 2.20. The van der Waals surface area contributed by atoms with Gasteiger partial charge in [0.2, 0.25) is 0 Å². The second kappa shape index (κ2) is 6.88. The number of rotatable bonds is 2. The topological polar surface area (TPSA) is 41.6 Å². The van der Waals surface area contributed by atoms with Crippen LogP contribution in [0.15, 0.2) is 33.7 Å². The molecule has 1 heterocycles. The Labute approximate surface area is 126 Å². The van der Waals surface area contributed by atoms with E-state index in [0.717, 1.165) is 34.6 Å². The first-order valence-corrected chi connectivity index (χ1v) is 8.03. The van der Waals surface area contributed by atoms with E-state index < -0.39 is 0 Å². The molecule has 0 aliphatic carbocycles. The Morgan fingerprint density at radius 3 is 2.58 bits per heavy atom. The lowest BCUT2D eigenvalue weighted by Crippen LogP contribution is -2.42. The lowest BCUT2D eigenvalue weighted by atomic mass is 10.1. The summed E-state index contributed by atoms with van der Waals surface area (Å²) in [5.74, 6) is 5.43. The van der Waals surface area contributed by atoms with Gasteiger partial charge in [0, 0.05) is 29.1 Å². The number of hydrogen-bond acceptors (Lipinski definition) is 2. The molecule has 2 N–H and O–H groups in total. The largest absolute Gasteiger partial charge is 0.370 e. The number of nitrogens with two attached hydrogens (primary N) is 1. The van der Waals surface area contributed by atoms with Crippen LogP contribution < -0.4 is 5.73 Å². The SMILES string of the molecule is C#CC(N=C(N)N1CCSCC1)c1ccc(Br)cc1. The van der Waals surface area contributed by atoms with E-state index in [1.165, 1.54) is 0 Å². The van der Waals surface area contributed by atoms with Crippen LogP contribution in [-0.4, -0.2) is 35.5 Å². The standard InChI is InChI=1S/C14H16BrN3S/c1-2-13(11-3-5-12(15)6-4-11)17-14(16)18-7-9-19-10-8-18/h1,3-6,13H,7-10H2,(H2,16,17). The van der Waals surface area contributed by atoms with Crippen molar-refractivity contribution in [1.29, 1.82) is 0 Å². The Morgan fingerprint density at radius 1 is 1.37 bits per heavy atom. The zero-order chi connectivity index (χ0) is 13.7. The van der Waals surface area contributed by atoms with E-state index in [9.17, 15) is 0 Å². The van der Waals surface area contributed by atoms with Crippen molar-refractivity contribution < 1.29 is 0 Å². The molecular formula is C14H16BrN3S. The highest BCUT2D eigenvalue weighted by molar-refractivity contribution is 9.10. The molecule has 1 unspecified atom stereocenters. The van der Waals surface area contributed by atoms with Crippen molar-refractivity contribution in [3.63, 3.8) is 0 Å². The van der Waals surface area contributed by atoms with E-state index in [1.54, 1.807) is 0 Å². The molecule has 1 aromatic carbocycles. The molecule has 1 aliphatic heterocycles. The van der Waals surface area contributed by atoms with Crippen molar-refractivity contribution in [3.05, 3.63) is 34.3 Å². The molecule has 0 bridgehead atoms. The van der Waals surface area contributed by atoms with Crippen LogP contribution in [0.25, 0.3) is 0 Å². The second-order valence-electron chi connectivity index (χ2n) is 4.21. The molecule has 0 radical (unpaired) electrons. The molecule has 0 spiro atoms. The fraction of sp³-hybridized carbons (Fsp3) is 0.357. The molecule has 0 aromatic heterocycles. The van der Waals surface area contributed by atoms with Gasteiger partial charge in [0.15, 0.2) is 5.96 Å². The normalized spacial score (nSPS) is 17.9. The minimum atomic E-state index is -0.317. The second-order valence-corrected chi connectivity index (χ2v) is 6.35. The van der Waals surface area contributed by atoms with Crippen molar-refractivity contribution in [3.8, 4) is 12.3 Å². The van der Waals surface area contributed by atoms with E-state index >= 15 is 0 Å². The molecule has 0 saturated carbocycles. The number of hydrogen-bond donors (Lipinski definition) is 1. The molecule has 5 heteroatoms. The van der Waals surface area contributed by atoms with Gasteiger partial charge in [-0.15, -0.1) is 6.42 Å². The third kappa shape index (κ3) is 3.92. The Kier molecular flexibility index (Phi) is 5.17. The summed E-state index contributed by atoms with van der Waals surface area (Å²) < 4.78 is 1.03. The number of benzene rings is 1. The average Bonchev–Trinajstić information content (AvgIpc) is 2.46. The van der Waals surface area contributed by atoms with Crippen LogP contribution in [0.3, 0.4) is 0 Å². The van der Waals surface area contributed by atoms with Crippen molar-refractivity contribution in [2.45, 2.75) is 6.04 Å². The third-order valence-corrected chi connectivity index (χ3v) is 4.41. The first kappa shape index (κ1) is 14.3. The summed E-state index contributed by atoms with van der Waals surface area (Å²) in [4.78, 5) is 6.58. The summed E-state index contributed by atoms with van der Waals surface area (Å²) in [6, 6.07) is 7.54. The summed E-state index contributed by atoms with van der Waals surface area (Å²) in [5, 5.41) is 0. The van der Waals surface area contributed by atoms with Gasteiger partial charge in [0.05, 0.1) is 0 Å². The fourth-order valence-corrected chi connectivity index (χ4v) is 3.03. The zero-order valence-corrected chi connectivity index (χ0v) is 13.0. The maximum absolute atomic E-state index is 6.05. The molecule has 3 nitrogen and oxygen atoms in total.